The molecule has 13 heteroatoms. The highest BCUT2D eigenvalue weighted by Gasteiger charge is 2.64. The zero-order valence-electron chi connectivity index (χ0n) is 25.1. The molecule has 2 aromatic carbocycles. The highest BCUT2D eigenvalue weighted by Crippen LogP contribution is 2.54. The number of fused-ring (bicyclic) bond motifs is 3. The fraction of sp³-hybridized carbons (Fsp3) is 0.375. The minimum Gasteiger partial charge on any atom is -0.508 e. The molecule has 0 unspecified atom stereocenters. The van der Waals surface area contributed by atoms with Crippen LogP contribution in [0.25, 0.3) is 5.76 Å². The van der Waals surface area contributed by atoms with Crippen LogP contribution in [0, 0.1) is 11.8 Å². The molecule has 6 N–H and O–H groups in total. The summed E-state index contributed by atoms with van der Waals surface area (Å²) in [4.78, 5) is 55.4. The molecule has 1 amide bonds. The predicted octanol–water partition coefficient (Wildman–Crippen LogP) is 2.33. The number of hydrogen-bond donors (Lipinski definition) is 5. The van der Waals surface area contributed by atoms with Gasteiger partial charge >= 0.3 is 5.97 Å². The van der Waals surface area contributed by atoms with Crippen molar-refractivity contribution in [3.63, 3.8) is 0 Å². The topological polar surface area (TPSA) is 191 Å². The van der Waals surface area contributed by atoms with Gasteiger partial charge in [0.25, 0.3) is 5.91 Å². The number of ether oxygens (including phenoxy) is 1. The molecule has 1 fully saturated rings. The summed E-state index contributed by atoms with van der Waals surface area (Å²) in [5.74, 6) is -7.33. The first-order valence-electron chi connectivity index (χ1n) is 14.3. The number of amides is 1. The molecular formula is C32H34BrN3O9. The van der Waals surface area contributed by atoms with Crippen molar-refractivity contribution < 1.29 is 44.3 Å². The lowest BCUT2D eigenvalue weighted by atomic mass is 9.57. The summed E-state index contributed by atoms with van der Waals surface area (Å²) < 4.78 is 6.21. The highest BCUT2D eigenvalue weighted by molar-refractivity contribution is 9.10. The lowest BCUT2D eigenvalue weighted by Crippen LogP contribution is -2.65. The molecule has 1 saturated carbocycles. The number of nitrogens with two attached hydrogens (primary N) is 1. The number of anilines is 1. The average molecular weight is 685 g/mol. The van der Waals surface area contributed by atoms with E-state index in [1.54, 1.807) is 63.4 Å². The van der Waals surface area contributed by atoms with E-state index in [0.29, 0.717) is 22.6 Å². The molecule has 5 rings (SSSR count). The molecule has 0 spiro atoms. The lowest BCUT2D eigenvalue weighted by molar-refractivity contribution is -0.153. The van der Waals surface area contributed by atoms with Gasteiger partial charge in [0.2, 0.25) is 5.78 Å². The van der Waals surface area contributed by atoms with E-state index >= 15 is 0 Å². The van der Waals surface area contributed by atoms with Crippen molar-refractivity contribution in [2.45, 2.75) is 37.3 Å². The van der Waals surface area contributed by atoms with Gasteiger partial charge in [-0.2, -0.15) is 0 Å². The van der Waals surface area contributed by atoms with E-state index in [2.05, 4.69) is 15.9 Å². The number of carbonyl (C=O) groups excluding carboxylic acids is 4. The number of aromatic hydroxyl groups is 1. The maximum atomic E-state index is 14.1. The minimum atomic E-state index is -2.72. The smallest absolute Gasteiger partial charge is 0.311 e. The van der Waals surface area contributed by atoms with Crippen LogP contribution in [-0.4, -0.2) is 88.6 Å². The number of likely N-dealkylation sites (N-methyl/N-ethyl adjacent to an activating group) is 1. The Hall–Kier alpha value is -4.20. The van der Waals surface area contributed by atoms with Gasteiger partial charge in [0.05, 0.1) is 18.0 Å². The van der Waals surface area contributed by atoms with Gasteiger partial charge in [-0.05, 0) is 80.7 Å². The Labute approximate surface area is 267 Å². The molecule has 3 aliphatic rings. The molecule has 4 atom stereocenters. The largest absolute Gasteiger partial charge is 0.508 e. The Balaban J connectivity index is 1.57. The summed E-state index contributed by atoms with van der Waals surface area (Å²) in [6.45, 7) is 0. The zero-order valence-corrected chi connectivity index (χ0v) is 26.7. The standard InChI is InChI=1S/C32H34BrN3O9/c1-35(2)20-13-14(5-10-21(37)45-17-8-6-16(33)7-9-17)26(38)23-18(20)11-15-12-19-25(36(3)4)28(40)24(31(34)43)30(42)32(19,44)29(41)22(15)27(23)39/h6-9,13,15,19,25,38-39,42,44H,5,10-12H2,1-4H3,(H2,34,43)/t15-,19-,25-,32-/m1/s1. The molecule has 0 saturated heterocycles. The van der Waals surface area contributed by atoms with Gasteiger partial charge in [-0.25, -0.2) is 0 Å². The maximum absolute atomic E-state index is 14.1. The van der Waals surface area contributed by atoms with Crippen LogP contribution in [0.5, 0.6) is 11.5 Å². The maximum Gasteiger partial charge on any atom is 0.311 e. The summed E-state index contributed by atoms with van der Waals surface area (Å²) in [7, 11) is 6.64. The number of aliphatic hydroxyl groups is 3. The SMILES string of the molecule is CN(C)c1cc(CCC(=O)Oc2ccc(Br)cc2)c(O)c2c1C[C@@H]1C[C@@H]3[C@@H](N(C)C)C(=O)C(C(N)=O)=C(O)[C@]3(O)C(=O)C1=C2O. The molecule has 0 radical (unpaired) electrons. The van der Waals surface area contributed by atoms with Gasteiger partial charge in [0, 0.05) is 35.7 Å². The molecule has 0 aliphatic heterocycles. The van der Waals surface area contributed by atoms with E-state index in [1.165, 1.54) is 4.90 Å². The van der Waals surface area contributed by atoms with Gasteiger partial charge in [0.1, 0.15) is 28.6 Å². The number of rotatable bonds is 7. The molecule has 0 aromatic heterocycles. The first-order valence-corrected chi connectivity index (χ1v) is 15.0. The van der Waals surface area contributed by atoms with Crippen molar-refractivity contribution >= 4 is 50.8 Å². The average Bonchev–Trinajstić information content (AvgIpc) is 2.95. The predicted molar refractivity (Wildman–Crippen MR) is 167 cm³/mol. The number of nitrogens with zero attached hydrogens (tertiary/aromatic N) is 2. The summed E-state index contributed by atoms with van der Waals surface area (Å²) in [6.07, 6.45) is 0.0775. The van der Waals surface area contributed by atoms with E-state index in [0.717, 1.165) is 4.47 Å². The van der Waals surface area contributed by atoms with Crippen LogP contribution in [0.4, 0.5) is 5.69 Å². The number of halogens is 1. The molecule has 45 heavy (non-hydrogen) atoms. The molecule has 238 valence electrons. The van der Waals surface area contributed by atoms with Crippen molar-refractivity contribution in [3.05, 3.63) is 68.4 Å². The van der Waals surface area contributed by atoms with E-state index < -0.39 is 64.0 Å². The Morgan fingerprint density at radius 3 is 2.31 bits per heavy atom. The van der Waals surface area contributed by atoms with E-state index in [-0.39, 0.29) is 42.6 Å². The van der Waals surface area contributed by atoms with Crippen molar-refractivity contribution in [1.82, 2.24) is 4.90 Å². The minimum absolute atomic E-state index is 0.0109. The third-order valence-electron chi connectivity index (χ3n) is 8.90. The normalized spacial score (nSPS) is 24.3. The number of benzene rings is 2. The van der Waals surface area contributed by atoms with Crippen molar-refractivity contribution in [3.8, 4) is 11.5 Å². The van der Waals surface area contributed by atoms with Crippen LogP contribution in [0.3, 0.4) is 0 Å². The summed E-state index contributed by atoms with van der Waals surface area (Å²) in [5, 5.41) is 45.9. The number of esters is 1. The van der Waals surface area contributed by atoms with E-state index in [9.17, 15) is 39.6 Å². The molecule has 3 aliphatic carbocycles. The fourth-order valence-electron chi connectivity index (χ4n) is 6.86. The zero-order chi connectivity index (χ0) is 33.1. The van der Waals surface area contributed by atoms with Crippen LogP contribution in [0.2, 0.25) is 0 Å². The summed E-state index contributed by atoms with van der Waals surface area (Å²) >= 11 is 3.32. The van der Waals surface area contributed by atoms with E-state index in [1.807, 2.05) is 0 Å². The monoisotopic (exact) mass is 683 g/mol. The molecular weight excluding hydrogens is 650 g/mol. The third kappa shape index (κ3) is 5.18. The van der Waals surface area contributed by atoms with Crippen molar-refractivity contribution in [1.29, 1.82) is 0 Å². The first kappa shape index (κ1) is 32.2. The molecule has 2 aromatic rings. The third-order valence-corrected chi connectivity index (χ3v) is 9.43. The number of Topliss-reactive ketones (excluding diaryl/α,β-unsaturated/α-hetero) is 2. The second kappa shape index (κ2) is 11.6. The number of hydrogen-bond acceptors (Lipinski definition) is 11. The Morgan fingerprint density at radius 1 is 1.09 bits per heavy atom. The Morgan fingerprint density at radius 2 is 1.73 bits per heavy atom. The Kier molecular flexibility index (Phi) is 8.32. The van der Waals surface area contributed by atoms with E-state index in [4.69, 9.17) is 10.5 Å². The summed E-state index contributed by atoms with van der Waals surface area (Å²) in [5.41, 5.74) is 2.99. The van der Waals surface area contributed by atoms with Crippen LogP contribution < -0.4 is 15.4 Å². The van der Waals surface area contributed by atoms with Crippen LogP contribution >= 0.6 is 15.9 Å². The van der Waals surface area contributed by atoms with Gasteiger partial charge < -0.3 is 35.8 Å². The summed E-state index contributed by atoms with van der Waals surface area (Å²) in [6, 6.07) is 7.26. The molecule has 12 nitrogen and oxygen atoms in total. The second-order valence-electron chi connectivity index (χ2n) is 12.0. The highest BCUT2D eigenvalue weighted by atomic mass is 79.9. The second-order valence-corrected chi connectivity index (χ2v) is 13.0. The number of aryl methyl sites for hydroxylation is 1. The first-order chi connectivity index (χ1) is 21.1. The van der Waals surface area contributed by atoms with Gasteiger partial charge in [-0.1, -0.05) is 15.9 Å². The van der Waals surface area contributed by atoms with Crippen LogP contribution in [0.1, 0.15) is 29.5 Å². The van der Waals surface area contributed by atoms with Crippen LogP contribution in [0.15, 0.2) is 51.7 Å². The Bertz CT molecular complexity index is 1700. The van der Waals surface area contributed by atoms with Crippen molar-refractivity contribution in [2.24, 2.45) is 17.6 Å². The fourth-order valence-corrected chi connectivity index (χ4v) is 7.12. The molecule has 0 bridgehead atoms. The number of phenols is 1. The number of phenolic OH excluding ortho intramolecular Hbond substituents is 1. The number of ketones is 2. The van der Waals surface area contributed by atoms with Gasteiger partial charge in [0.15, 0.2) is 11.4 Å². The quantitative estimate of drug-likeness (QED) is 0.164. The van der Waals surface area contributed by atoms with Crippen molar-refractivity contribution in [2.75, 3.05) is 33.1 Å². The number of carbonyl (C=O) groups is 4. The van der Waals surface area contributed by atoms with Gasteiger partial charge in [-0.3, -0.25) is 24.1 Å². The number of primary amides is 1. The molecule has 0 heterocycles. The number of aliphatic hydroxyl groups excluding tert-OH is 2. The van der Waals surface area contributed by atoms with Gasteiger partial charge in [-0.15, -0.1) is 0 Å². The lowest BCUT2D eigenvalue weighted by Gasteiger charge is -2.50. The van der Waals surface area contributed by atoms with Crippen LogP contribution in [-0.2, 0) is 32.0 Å².